The third-order valence-corrected chi connectivity index (χ3v) is 5.54. The van der Waals surface area contributed by atoms with Gasteiger partial charge in [0.05, 0.1) is 22.3 Å². The topological polar surface area (TPSA) is 30.2 Å². The zero-order chi connectivity index (χ0) is 20.9. The Balaban J connectivity index is 1.92. The van der Waals surface area contributed by atoms with Gasteiger partial charge in [-0.15, -0.1) is 0 Å². The lowest BCUT2D eigenvalue weighted by molar-refractivity contribution is -0.137. The van der Waals surface area contributed by atoms with Crippen LogP contribution in [0.3, 0.4) is 0 Å². The molecule has 0 amide bonds. The molecule has 29 heavy (non-hydrogen) atoms. The van der Waals surface area contributed by atoms with Gasteiger partial charge in [0.25, 0.3) is 0 Å². The molecule has 2 aromatic carbocycles. The Morgan fingerprint density at radius 2 is 1.79 bits per heavy atom. The van der Waals surface area contributed by atoms with Crippen molar-refractivity contribution in [2.45, 2.75) is 46.0 Å². The van der Waals surface area contributed by atoms with E-state index in [4.69, 9.17) is 0 Å². The normalized spacial score (nSPS) is 17.2. The number of rotatable bonds is 4. The fourth-order valence-electron chi connectivity index (χ4n) is 3.93. The summed E-state index contributed by atoms with van der Waals surface area (Å²) in [5.74, 6) is 0.120. The largest absolute Gasteiger partial charge is 0.416 e. The maximum absolute atomic E-state index is 13.3. The zero-order valence-electron chi connectivity index (χ0n) is 16.7. The van der Waals surface area contributed by atoms with Gasteiger partial charge < -0.3 is 4.90 Å². The Hall–Kier alpha value is -2.70. The van der Waals surface area contributed by atoms with Gasteiger partial charge in [-0.3, -0.25) is 9.13 Å². The van der Waals surface area contributed by atoms with Gasteiger partial charge in [0.15, 0.2) is 0 Å². The fourth-order valence-corrected chi connectivity index (χ4v) is 3.93. The van der Waals surface area contributed by atoms with Gasteiger partial charge in [0.1, 0.15) is 0 Å². The van der Waals surface area contributed by atoms with Crippen LogP contribution in [0.25, 0.3) is 16.7 Å². The zero-order valence-corrected chi connectivity index (χ0v) is 16.7. The molecule has 0 aliphatic carbocycles. The maximum atomic E-state index is 13.3. The van der Waals surface area contributed by atoms with Gasteiger partial charge in [-0.2, -0.15) is 13.2 Å². The van der Waals surface area contributed by atoms with E-state index in [1.165, 1.54) is 15.2 Å². The first-order valence-corrected chi connectivity index (χ1v) is 9.86. The van der Waals surface area contributed by atoms with E-state index >= 15 is 0 Å². The standard InChI is InChI=1S/C22H24F3N3O/c1-14(2)13-27-20-11-16(22(23,24)25)7-8-19(20)28(21(27)29)18-6-4-5-17(12-18)26-10-9-15(26)3/h4-8,11-12,14-15H,9-10,13H2,1-3H3. The van der Waals surface area contributed by atoms with Crippen molar-refractivity contribution >= 4 is 16.7 Å². The predicted octanol–water partition coefficient (Wildman–Crippen LogP) is 5.07. The summed E-state index contributed by atoms with van der Waals surface area (Å²) in [6.45, 7) is 7.34. The van der Waals surface area contributed by atoms with E-state index in [9.17, 15) is 18.0 Å². The molecular weight excluding hydrogens is 379 g/mol. The van der Waals surface area contributed by atoms with Crippen molar-refractivity contribution in [1.82, 2.24) is 9.13 Å². The number of benzene rings is 2. The average Bonchev–Trinajstić information content (AvgIpc) is 2.91. The van der Waals surface area contributed by atoms with Crippen LogP contribution in [0.4, 0.5) is 18.9 Å². The van der Waals surface area contributed by atoms with Crippen LogP contribution in [0.2, 0.25) is 0 Å². The van der Waals surface area contributed by atoms with Crippen LogP contribution in [-0.2, 0) is 12.7 Å². The number of nitrogens with zero attached hydrogens (tertiary/aromatic N) is 3. The van der Waals surface area contributed by atoms with Gasteiger partial charge in [-0.25, -0.2) is 4.79 Å². The SMILES string of the molecule is CC(C)Cn1c(=O)n(-c2cccc(N3CCC3C)c2)c2ccc(C(F)(F)F)cc21. The molecule has 1 aliphatic heterocycles. The van der Waals surface area contributed by atoms with E-state index in [2.05, 4.69) is 11.8 Å². The minimum absolute atomic E-state index is 0.120. The Labute approximate surface area is 167 Å². The Kier molecular flexibility index (Phi) is 4.71. The van der Waals surface area contributed by atoms with Crippen LogP contribution in [0.15, 0.2) is 47.3 Å². The highest BCUT2D eigenvalue weighted by molar-refractivity contribution is 5.79. The molecule has 3 aromatic rings. The van der Waals surface area contributed by atoms with Crippen molar-refractivity contribution in [2.75, 3.05) is 11.4 Å². The Morgan fingerprint density at radius 3 is 2.38 bits per heavy atom. The van der Waals surface area contributed by atoms with E-state index in [-0.39, 0.29) is 11.6 Å². The molecule has 1 atom stereocenters. The lowest BCUT2D eigenvalue weighted by Gasteiger charge is -2.41. The summed E-state index contributed by atoms with van der Waals surface area (Å²) >= 11 is 0. The molecule has 0 N–H and O–H groups in total. The summed E-state index contributed by atoms with van der Waals surface area (Å²) in [5, 5.41) is 0. The van der Waals surface area contributed by atoms with Crippen molar-refractivity contribution in [1.29, 1.82) is 0 Å². The number of anilines is 1. The molecule has 1 fully saturated rings. The lowest BCUT2D eigenvalue weighted by atomic mass is 10.0. The number of aromatic nitrogens is 2. The lowest BCUT2D eigenvalue weighted by Crippen LogP contribution is -2.45. The number of alkyl halides is 3. The van der Waals surface area contributed by atoms with Crippen molar-refractivity contribution < 1.29 is 13.2 Å². The summed E-state index contributed by atoms with van der Waals surface area (Å²) in [6, 6.07) is 11.6. The van der Waals surface area contributed by atoms with Gasteiger partial charge in [0.2, 0.25) is 0 Å². The number of imidazole rings is 1. The minimum atomic E-state index is -4.46. The third kappa shape index (κ3) is 3.43. The summed E-state index contributed by atoms with van der Waals surface area (Å²) in [5.41, 5.74) is 1.41. The minimum Gasteiger partial charge on any atom is -0.369 e. The van der Waals surface area contributed by atoms with Crippen LogP contribution >= 0.6 is 0 Å². The molecule has 4 nitrogen and oxygen atoms in total. The number of fused-ring (bicyclic) bond motifs is 1. The molecule has 0 radical (unpaired) electrons. The monoisotopic (exact) mass is 403 g/mol. The first kappa shape index (κ1) is 19.6. The van der Waals surface area contributed by atoms with Crippen LogP contribution in [0.5, 0.6) is 0 Å². The van der Waals surface area contributed by atoms with Gasteiger partial charge in [0, 0.05) is 24.8 Å². The van der Waals surface area contributed by atoms with Crippen molar-refractivity contribution in [3.8, 4) is 5.69 Å². The fraction of sp³-hybridized carbons (Fsp3) is 0.409. The van der Waals surface area contributed by atoms with Crippen molar-refractivity contribution in [2.24, 2.45) is 5.92 Å². The number of hydrogen-bond acceptors (Lipinski definition) is 2. The van der Waals surface area contributed by atoms with Crippen molar-refractivity contribution in [3.63, 3.8) is 0 Å². The Bertz CT molecular complexity index is 1110. The molecule has 4 rings (SSSR count). The molecule has 2 heterocycles. The highest BCUT2D eigenvalue weighted by atomic mass is 19.4. The van der Waals surface area contributed by atoms with E-state index < -0.39 is 11.7 Å². The summed E-state index contributed by atoms with van der Waals surface area (Å²) in [7, 11) is 0. The van der Waals surface area contributed by atoms with Gasteiger partial charge in [-0.05, 0) is 55.7 Å². The second-order valence-corrected chi connectivity index (χ2v) is 8.17. The molecule has 0 spiro atoms. The second-order valence-electron chi connectivity index (χ2n) is 8.17. The quantitative estimate of drug-likeness (QED) is 0.609. The molecule has 154 valence electrons. The highest BCUT2D eigenvalue weighted by Crippen LogP contribution is 2.33. The molecule has 1 unspecified atom stereocenters. The maximum Gasteiger partial charge on any atom is 0.416 e. The first-order valence-electron chi connectivity index (χ1n) is 9.86. The van der Waals surface area contributed by atoms with Gasteiger partial charge in [-0.1, -0.05) is 19.9 Å². The van der Waals surface area contributed by atoms with Crippen LogP contribution in [0.1, 0.15) is 32.8 Å². The van der Waals surface area contributed by atoms with E-state index in [1.54, 1.807) is 0 Å². The van der Waals surface area contributed by atoms with E-state index in [0.717, 1.165) is 30.8 Å². The smallest absolute Gasteiger partial charge is 0.369 e. The Morgan fingerprint density at radius 1 is 1.07 bits per heavy atom. The van der Waals surface area contributed by atoms with E-state index in [0.29, 0.717) is 29.3 Å². The molecule has 1 aliphatic rings. The molecule has 1 aromatic heterocycles. The summed E-state index contributed by atoms with van der Waals surface area (Å²) in [6.07, 6.45) is -3.33. The first-order chi connectivity index (χ1) is 13.7. The number of halogens is 3. The average molecular weight is 403 g/mol. The molecule has 0 bridgehead atoms. The molecule has 0 saturated carbocycles. The molecular formula is C22H24F3N3O. The van der Waals surface area contributed by atoms with Crippen LogP contribution in [-0.4, -0.2) is 21.7 Å². The molecule has 1 saturated heterocycles. The second kappa shape index (κ2) is 6.97. The van der Waals surface area contributed by atoms with Crippen molar-refractivity contribution in [3.05, 3.63) is 58.5 Å². The van der Waals surface area contributed by atoms with E-state index in [1.807, 2.05) is 38.1 Å². The molecule has 7 heteroatoms. The summed E-state index contributed by atoms with van der Waals surface area (Å²) < 4.78 is 42.8. The van der Waals surface area contributed by atoms with Crippen LogP contribution < -0.4 is 10.6 Å². The van der Waals surface area contributed by atoms with Crippen LogP contribution in [0, 0.1) is 5.92 Å². The van der Waals surface area contributed by atoms with Gasteiger partial charge >= 0.3 is 11.9 Å². The predicted molar refractivity (Wildman–Crippen MR) is 109 cm³/mol. The third-order valence-electron chi connectivity index (χ3n) is 5.54. The number of hydrogen-bond donors (Lipinski definition) is 0. The summed E-state index contributed by atoms with van der Waals surface area (Å²) in [4.78, 5) is 15.5. The highest BCUT2D eigenvalue weighted by Gasteiger charge is 2.31.